The van der Waals surface area contributed by atoms with E-state index >= 15 is 0 Å². The lowest BCUT2D eigenvalue weighted by Gasteiger charge is -2.15. The molecule has 0 aliphatic rings. The number of hydrogen-bond acceptors (Lipinski definition) is 4. The fourth-order valence-corrected chi connectivity index (χ4v) is 3.71. The maximum Gasteiger partial charge on any atom is 0.295 e. The topological polar surface area (TPSA) is 81.8 Å². The Labute approximate surface area is 180 Å². The van der Waals surface area contributed by atoms with Crippen LogP contribution in [0.1, 0.15) is 35.5 Å². The van der Waals surface area contributed by atoms with Gasteiger partial charge < -0.3 is 5.32 Å². The molecule has 0 saturated heterocycles. The first kappa shape index (κ1) is 20.5. The highest BCUT2D eigenvalue weighted by molar-refractivity contribution is 5.93. The summed E-state index contributed by atoms with van der Waals surface area (Å²) >= 11 is 0. The Morgan fingerprint density at radius 3 is 2.35 bits per heavy atom. The number of carbonyl (C=O) groups is 1. The SMILES string of the molecule is Cc1ccc(NC(=O)[C@@H](C)n2nc(C)c3c(C)n(-c4ccccc4)nc3c2=O)cc1C. The van der Waals surface area contributed by atoms with Crippen LogP contribution < -0.4 is 10.9 Å². The van der Waals surface area contributed by atoms with Gasteiger partial charge in [0, 0.05) is 5.69 Å². The molecular formula is C24H25N5O2. The van der Waals surface area contributed by atoms with E-state index in [9.17, 15) is 9.59 Å². The maximum atomic E-state index is 13.2. The number of rotatable bonds is 4. The third-order valence-electron chi connectivity index (χ3n) is 5.67. The quantitative estimate of drug-likeness (QED) is 0.546. The Morgan fingerprint density at radius 2 is 1.68 bits per heavy atom. The minimum atomic E-state index is -0.792. The molecule has 1 atom stereocenters. The number of benzene rings is 2. The van der Waals surface area contributed by atoms with Gasteiger partial charge in [0.2, 0.25) is 5.91 Å². The molecule has 31 heavy (non-hydrogen) atoms. The molecule has 4 rings (SSSR count). The largest absolute Gasteiger partial charge is 0.324 e. The Kier molecular flexibility index (Phi) is 5.19. The van der Waals surface area contributed by atoms with Gasteiger partial charge in [0.05, 0.1) is 22.5 Å². The summed E-state index contributed by atoms with van der Waals surface area (Å²) in [5.41, 5.74) is 5.19. The molecule has 0 unspecified atom stereocenters. The van der Waals surface area contributed by atoms with E-state index in [1.165, 1.54) is 4.68 Å². The second-order valence-electron chi connectivity index (χ2n) is 7.86. The Hall–Kier alpha value is -3.74. The Balaban J connectivity index is 1.74. The summed E-state index contributed by atoms with van der Waals surface area (Å²) in [4.78, 5) is 26.1. The first-order chi connectivity index (χ1) is 14.8. The van der Waals surface area contributed by atoms with Gasteiger partial charge in [-0.05, 0) is 70.0 Å². The summed E-state index contributed by atoms with van der Waals surface area (Å²) in [6, 6.07) is 14.6. The predicted molar refractivity (Wildman–Crippen MR) is 122 cm³/mol. The van der Waals surface area contributed by atoms with Crippen molar-refractivity contribution in [3.8, 4) is 5.69 Å². The first-order valence-electron chi connectivity index (χ1n) is 10.2. The first-order valence-corrected chi connectivity index (χ1v) is 10.2. The van der Waals surface area contributed by atoms with Gasteiger partial charge in [0.1, 0.15) is 6.04 Å². The minimum absolute atomic E-state index is 0.305. The summed E-state index contributed by atoms with van der Waals surface area (Å²) < 4.78 is 2.96. The maximum absolute atomic E-state index is 13.2. The van der Waals surface area contributed by atoms with E-state index < -0.39 is 6.04 Å². The molecule has 4 aromatic rings. The van der Waals surface area contributed by atoms with Crippen molar-refractivity contribution in [2.45, 2.75) is 40.7 Å². The molecule has 7 nitrogen and oxygen atoms in total. The molecule has 0 fully saturated rings. The highest BCUT2D eigenvalue weighted by atomic mass is 16.2. The van der Waals surface area contributed by atoms with Gasteiger partial charge in [0.25, 0.3) is 5.56 Å². The monoisotopic (exact) mass is 415 g/mol. The summed E-state index contributed by atoms with van der Waals surface area (Å²) in [6.45, 7) is 9.41. The molecule has 0 aliphatic carbocycles. The van der Waals surface area contributed by atoms with Crippen LogP contribution in [0.5, 0.6) is 0 Å². The smallest absolute Gasteiger partial charge is 0.295 e. The number of aromatic nitrogens is 4. The zero-order valence-electron chi connectivity index (χ0n) is 18.3. The number of fused-ring (bicyclic) bond motifs is 1. The number of para-hydroxylation sites is 1. The van der Waals surface area contributed by atoms with Crippen LogP contribution in [-0.2, 0) is 4.79 Å². The van der Waals surface area contributed by atoms with Crippen LogP contribution in [0.2, 0.25) is 0 Å². The second-order valence-corrected chi connectivity index (χ2v) is 7.86. The molecule has 1 N–H and O–H groups in total. The molecule has 2 heterocycles. The van der Waals surface area contributed by atoms with Gasteiger partial charge in [-0.25, -0.2) is 9.36 Å². The molecule has 1 amide bonds. The highest BCUT2D eigenvalue weighted by Gasteiger charge is 2.23. The summed E-state index contributed by atoms with van der Waals surface area (Å²) in [7, 11) is 0. The van der Waals surface area contributed by atoms with Gasteiger partial charge >= 0.3 is 0 Å². The number of amides is 1. The lowest BCUT2D eigenvalue weighted by molar-refractivity contribution is -0.119. The van der Waals surface area contributed by atoms with Crippen LogP contribution in [0.4, 0.5) is 5.69 Å². The second kappa shape index (κ2) is 7.83. The van der Waals surface area contributed by atoms with Gasteiger partial charge in [-0.2, -0.15) is 10.2 Å². The third-order valence-corrected chi connectivity index (χ3v) is 5.67. The fourth-order valence-electron chi connectivity index (χ4n) is 3.71. The van der Waals surface area contributed by atoms with E-state index in [-0.39, 0.29) is 11.5 Å². The van der Waals surface area contributed by atoms with Gasteiger partial charge in [-0.15, -0.1) is 0 Å². The zero-order valence-corrected chi connectivity index (χ0v) is 18.3. The van der Waals surface area contributed by atoms with Crippen molar-refractivity contribution in [3.05, 3.63) is 81.4 Å². The van der Waals surface area contributed by atoms with E-state index in [1.807, 2.05) is 76.2 Å². The molecule has 2 aromatic heterocycles. The number of anilines is 1. The molecular weight excluding hydrogens is 390 g/mol. The normalized spacial score (nSPS) is 12.2. The lowest BCUT2D eigenvalue weighted by atomic mass is 10.1. The average molecular weight is 415 g/mol. The van der Waals surface area contributed by atoms with Gasteiger partial charge in [-0.3, -0.25) is 9.59 Å². The van der Waals surface area contributed by atoms with E-state index in [2.05, 4.69) is 15.5 Å². The highest BCUT2D eigenvalue weighted by Crippen LogP contribution is 2.22. The minimum Gasteiger partial charge on any atom is -0.324 e. The van der Waals surface area contributed by atoms with Gasteiger partial charge in [0.15, 0.2) is 5.52 Å². The molecule has 0 aliphatic heterocycles. The van der Waals surface area contributed by atoms with E-state index in [0.717, 1.165) is 22.5 Å². The fraction of sp³-hybridized carbons (Fsp3) is 0.250. The van der Waals surface area contributed by atoms with Crippen LogP contribution in [-0.4, -0.2) is 25.5 Å². The van der Waals surface area contributed by atoms with E-state index in [1.54, 1.807) is 11.6 Å². The number of aryl methyl sites for hydroxylation is 4. The molecule has 0 spiro atoms. The number of nitrogens with one attached hydrogen (secondary N) is 1. The molecule has 0 bridgehead atoms. The molecule has 158 valence electrons. The van der Waals surface area contributed by atoms with Crippen LogP contribution in [0.15, 0.2) is 53.3 Å². The van der Waals surface area contributed by atoms with Crippen molar-refractivity contribution in [1.29, 1.82) is 0 Å². The van der Waals surface area contributed by atoms with Gasteiger partial charge in [-0.1, -0.05) is 24.3 Å². The van der Waals surface area contributed by atoms with Crippen LogP contribution in [0, 0.1) is 27.7 Å². The standard InChI is InChI=1S/C24H25N5O2/c1-14-11-12-19(13-15(14)2)25-23(30)18(5)29-24(31)22-21(16(3)26-29)17(4)28(27-22)20-9-7-6-8-10-20/h6-13,18H,1-5H3,(H,25,30)/t18-/m1/s1. The molecule has 7 heteroatoms. The summed E-state index contributed by atoms with van der Waals surface area (Å²) in [5.74, 6) is -0.309. The lowest BCUT2D eigenvalue weighted by Crippen LogP contribution is -2.34. The van der Waals surface area contributed by atoms with Crippen molar-refractivity contribution < 1.29 is 4.79 Å². The molecule has 2 aromatic carbocycles. The molecule has 0 saturated carbocycles. The van der Waals surface area contributed by atoms with Crippen molar-refractivity contribution in [3.63, 3.8) is 0 Å². The predicted octanol–water partition coefficient (Wildman–Crippen LogP) is 4.02. The van der Waals surface area contributed by atoms with Crippen molar-refractivity contribution in [2.75, 3.05) is 5.32 Å². The average Bonchev–Trinajstić information content (AvgIpc) is 3.11. The Bertz CT molecular complexity index is 1350. The number of carbonyl (C=O) groups excluding carboxylic acids is 1. The number of hydrogen-bond donors (Lipinski definition) is 1. The summed E-state index contributed by atoms with van der Waals surface area (Å²) in [5, 5.41) is 12.6. The van der Waals surface area contributed by atoms with Crippen molar-refractivity contribution in [2.24, 2.45) is 0 Å². The third kappa shape index (κ3) is 3.63. The number of nitrogens with zero attached hydrogens (tertiary/aromatic N) is 4. The van der Waals surface area contributed by atoms with E-state index in [4.69, 9.17) is 0 Å². The van der Waals surface area contributed by atoms with Crippen molar-refractivity contribution >= 4 is 22.5 Å². The van der Waals surface area contributed by atoms with E-state index in [0.29, 0.717) is 22.3 Å². The van der Waals surface area contributed by atoms with Crippen LogP contribution >= 0.6 is 0 Å². The summed E-state index contributed by atoms with van der Waals surface area (Å²) in [6.07, 6.45) is 0. The van der Waals surface area contributed by atoms with Crippen molar-refractivity contribution in [1.82, 2.24) is 19.6 Å². The van der Waals surface area contributed by atoms with Crippen LogP contribution in [0.25, 0.3) is 16.6 Å². The van der Waals surface area contributed by atoms with Crippen LogP contribution in [0.3, 0.4) is 0 Å². The molecule has 0 radical (unpaired) electrons. The zero-order chi connectivity index (χ0) is 22.3. The Morgan fingerprint density at radius 1 is 0.968 bits per heavy atom.